The number of carbonyl (C=O) groups excluding carboxylic acids is 2. The highest BCUT2D eigenvalue weighted by molar-refractivity contribution is 5.97. The monoisotopic (exact) mass is 325 g/mol. The first-order valence-corrected chi connectivity index (χ1v) is 8.08. The van der Waals surface area contributed by atoms with Gasteiger partial charge < -0.3 is 10.2 Å². The number of nitrogens with one attached hydrogen (secondary N) is 1. The van der Waals surface area contributed by atoms with E-state index in [1.165, 1.54) is 6.92 Å². The number of aromatic nitrogens is 1. The lowest BCUT2D eigenvalue weighted by Crippen LogP contribution is -2.37. The maximum atomic E-state index is 13.0. The number of amides is 2. The minimum atomic E-state index is -0.159. The van der Waals surface area contributed by atoms with Crippen LogP contribution in [0.15, 0.2) is 48.8 Å². The first-order chi connectivity index (χ1) is 11.5. The van der Waals surface area contributed by atoms with Gasteiger partial charge in [0, 0.05) is 43.2 Å². The number of pyridine rings is 1. The molecule has 0 radical (unpaired) electrons. The molecule has 5 heteroatoms. The Hall–Kier alpha value is -2.69. The molecule has 0 unspecified atom stereocenters. The summed E-state index contributed by atoms with van der Waals surface area (Å²) >= 11 is 0. The molecular formula is C19H23N3O2. The fourth-order valence-corrected chi connectivity index (χ4v) is 2.44. The van der Waals surface area contributed by atoms with Crippen LogP contribution in [0.3, 0.4) is 0 Å². The van der Waals surface area contributed by atoms with E-state index in [4.69, 9.17) is 0 Å². The number of hydrogen-bond acceptors (Lipinski definition) is 3. The summed E-state index contributed by atoms with van der Waals surface area (Å²) in [5, 5.41) is 2.71. The van der Waals surface area contributed by atoms with Gasteiger partial charge in [0.1, 0.15) is 0 Å². The lowest BCUT2D eigenvalue weighted by atomic mass is 10.1. The highest BCUT2D eigenvalue weighted by Crippen LogP contribution is 2.17. The largest absolute Gasteiger partial charge is 0.332 e. The molecule has 2 amide bonds. The number of anilines is 1. The molecule has 0 saturated heterocycles. The van der Waals surface area contributed by atoms with Gasteiger partial charge in [0.05, 0.1) is 0 Å². The summed E-state index contributed by atoms with van der Waals surface area (Å²) in [5.74, 6) is -0.214. The van der Waals surface area contributed by atoms with Gasteiger partial charge in [-0.2, -0.15) is 0 Å². The van der Waals surface area contributed by atoms with Gasteiger partial charge in [-0.25, -0.2) is 0 Å². The highest BCUT2D eigenvalue weighted by Gasteiger charge is 2.21. The van der Waals surface area contributed by atoms with Gasteiger partial charge in [0.15, 0.2) is 0 Å². The average Bonchev–Trinajstić information content (AvgIpc) is 2.59. The summed E-state index contributed by atoms with van der Waals surface area (Å²) in [6.45, 7) is 6.04. The molecule has 0 aliphatic heterocycles. The summed E-state index contributed by atoms with van der Waals surface area (Å²) in [7, 11) is 0. The molecule has 1 atom stereocenters. The lowest BCUT2D eigenvalue weighted by Gasteiger charge is -2.29. The van der Waals surface area contributed by atoms with Crippen LogP contribution in [0.1, 0.15) is 43.1 Å². The summed E-state index contributed by atoms with van der Waals surface area (Å²) in [6, 6.07) is 11.0. The third-order valence-electron chi connectivity index (χ3n) is 3.89. The Morgan fingerprint density at radius 3 is 2.67 bits per heavy atom. The van der Waals surface area contributed by atoms with E-state index in [9.17, 15) is 9.59 Å². The van der Waals surface area contributed by atoms with E-state index in [0.717, 1.165) is 12.0 Å². The minimum absolute atomic E-state index is 0.0552. The fraction of sp³-hybridized carbons (Fsp3) is 0.316. The van der Waals surface area contributed by atoms with Crippen molar-refractivity contribution in [2.45, 2.75) is 39.8 Å². The minimum Gasteiger partial charge on any atom is -0.332 e. The topological polar surface area (TPSA) is 62.3 Å². The van der Waals surface area contributed by atoms with Crippen molar-refractivity contribution in [2.75, 3.05) is 5.32 Å². The van der Waals surface area contributed by atoms with Crippen molar-refractivity contribution in [2.24, 2.45) is 0 Å². The Bertz CT molecular complexity index is 701. The predicted molar refractivity (Wildman–Crippen MR) is 94.6 cm³/mol. The van der Waals surface area contributed by atoms with Gasteiger partial charge in [0.2, 0.25) is 5.91 Å². The Balaban J connectivity index is 2.25. The molecular weight excluding hydrogens is 302 g/mol. The van der Waals surface area contributed by atoms with Gasteiger partial charge >= 0.3 is 0 Å². The van der Waals surface area contributed by atoms with Crippen LogP contribution in [0.2, 0.25) is 0 Å². The Kier molecular flexibility index (Phi) is 6.07. The highest BCUT2D eigenvalue weighted by atomic mass is 16.2. The molecule has 0 spiro atoms. The summed E-state index contributed by atoms with van der Waals surface area (Å²) in [5.41, 5.74) is 2.17. The van der Waals surface area contributed by atoms with Gasteiger partial charge in [-0.15, -0.1) is 0 Å². The molecule has 0 fully saturated rings. The van der Waals surface area contributed by atoms with E-state index >= 15 is 0 Å². The Morgan fingerprint density at radius 1 is 1.25 bits per heavy atom. The summed E-state index contributed by atoms with van der Waals surface area (Å²) in [6.07, 6.45) is 4.35. The van der Waals surface area contributed by atoms with E-state index in [1.807, 2.05) is 24.0 Å². The van der Waals surface area contributed by atoms with Crippen molar-refractivity contribution >= 4 is 17.5 Å². The number of nitrogens with zero attached hydrogens (tertiary/aromatic N) is 2. The zero-order chi connectivity index (χ0) is 17.5. The van der Waals surface area contributed by atoms with Crippen molar-refractivity contribution in [3.63, 3.8) is 0 Å². The molecule has 2 aromatic rings. The molecule has 2 rings (SSSR count). The van der Waals surface area contributed by atoms with Crippen LogP contribution in [0.4, 0.5) is 5.69 Å². The standard InChI is InChI=1S/C19H23N3O2/c1-4-14(2)22(13-16-7-6-10-20-12-16)19(24)17-8-5-9-18(11-17)21-15(3)23/h5-12,14H,4,13H2,1-3H3,(H,21,23)/t14-/m1/s1. The van der Waals surface area contributed by atoms with Crippen LogP contribution in [0.5, 0.6) is 0 Å². The zero-order valence-corrected chi connectivity index (χ0v) is 14.3. The van der Waals surface area contributed by atoms with Crippen LogP contribution in [0, 0.1) is 0 Å². The second kappa shape index (κ2) is 8.24. The smallest absolute Gasteiger partial charge is 0.254 e. The molecule has 1 N–H and O–H groups in total. The first kappa shape index (κ1) is 17.7. The van der Waals surface area contributed by atoms with Crippen LogP contribution in [-0.4, -0.2) is 27.7 Å². The number of hydrogen-bond donors (Lipinski definition) is 1. The van der Waals surface area contributed by atoms with Crippen molar-refractivity contribution in [3.8, 4) is 0 Å². The van der Waals surface area contributed by atoms with Crippen LogP contribution in [-0.2, 0) is 11.3 Å². The SMILES string of the molecule is CC[C@@H](C)N(Cc1cccnc1)C(=O)c1cccc(NC(C)=O)c1. The zero-order valence-electron chi connectivity index (χ0n) is 14.3. The van der Waals surface area contributed by atoms with E-state index in [2.05, 4.69) is 17.2 Å². The molecule has 1 heterocycles. The van der Waals surface area contributed by atoms with Gasteiger partial charge in [0.25, 0.3) is 5.91 Å². The molecule has 1 aromatic carbocycles. The van der Waals surface area contributed by atoms with Gasteiger partial charge in [-0.05, 0) is 43.2 Å². The van der Waals surface area contributed by atoms with E-state index in [0.29, 0.717) is 17.8 Å². The summed E-state index contributed by atoms with van der Waals surface area (Å²) < 4.78 is 0. The number of rotatable bonds is 6. The van der Waals surface area contributed by atoms with Crippen LogP contribution >= 0.6 is 0 Å². The molecule has 0 saturated carbocycles. The lowest BCUT2D eigenvalue weighted by molar-refractivity contribution is -0.114. The molecule has 0 aliphatic rings. The van der Waals surface area contributed by atoms with Crippen molar-refractivity contribution in [1.29, 1.82) is 0 Å². The molecule has 1 aromatic heterocycles. The molecule has 24 heavy (non-hydrogen) atoms. The summed E-state index contributed by atoms with van der Waals surface area (Å²) in [4.78, 5) is 30.1. The van der Waals surface area contributed by atoms with Gasteiger partial charge in [-0.1, -0.05) is 19.1 Å². The van der Waals surface area contributed by atoms with Crippen molar-refractivity contribution in [1.82, 2.24) is 9.88 Å². The maximum absolute atomic E-state index is 13.0. The van der Waals surface area contributed by atoms with Gasteiger partial charge in [-0.3, -0.25) is 14.6 Å². The molecule has 126 valence electrons. The first-order valence-electron chi connectivity index (χ1n) is 8.08. The van der Waals surface area contributed by atoms with Crippen LogP contribution in [0.25, 0.3) is 0 Å². The normalized spacial score (nSPS) is 11.6. The second-order valence-electron chi connectivity index (χ2n) is 5.81. The number of benzene rings is 1. The fourth-order valence-electron chi connectivity index (χ4n) is 2.44. The van der Waals surface area contributed by atoms with E-state index in [-0.39, 0.29) is 17.9 Å². The maximum Gasteiger partial charge on any atom is 0.254 e. The third-order valence-corrected chi connectivity index (χ3v) is 3.89. The Labute approximate surface area is 142 Å². The third kappa shape index (κ3) is 4.65. The quantitative estimate of drug-likeness (QED) is 0.884. The molecule has 0 bridgehead atoms. The van der Waals surface area contributed by atoms with E-state index in [1.54, 1.807) is 36.7 Å². The predicted octanol–water partition coefficient (Wildman–Crippen LogP) is 3.48. The second-order valence-corrected chi connectivity index (χ2v) is 5.81. The van der Waals surface area contributed by atoms with Crippen molar-refractivity contribution < 1.29 is 9.59 Å². The average molecular weight is 325 g/mol. The number of carbonyl (C=O) groups is 2. The van der Waals surface area contributed by atoms with Crippen molar-refractivity contribution in [3.05, 3.63) is 59.9 Å². The Morgan fingerprint density at radius 2 is 2.04 bits per heavy atom. The molecule has 0 aliphatic carbocycles. The van der Waals surface area contributed by atoms with E-state index < -0.39 is 0 Å². The molecule has 5 nitrogen and oxygen atoms in total. The van der Waals surface area contributed by atoms with Crippen LogP contribution < -0.4 is 5.32 Å².